The van der Waals surface area contributed by atoms with E-state index in [1.807, 2.05) is 67.8 Å². The minimum atomic E-state index is -0.803. The second kappa shape index (κ2) is 12.4. The number of benzene rings is 2. The van der Waals surface area contributed by atoms with E-state index in [1.54, 1.807) is 30.5 Å². The van der Waals surface area contributed by atoms with Gasteiger partial charge in [0.2, 0.25) is 0 Å². The van der Waals surface area contributed by atoms with E-state index < -0.39 is 11.7 Å². The smallest absolute Gasteiger partial charge is 0.254 e. The van der Waals surface area contributed by atoms with Crippen molar-refractivity contribution in [3.8, 4) is 0 Å². The van der Waals surface area contributed by atoms with Crippen molar-refractivity contribution in [1.82, 2.24) is 14.8 Å². The highest BCUT2D eigenvalue weighted by Crippen LogP contribution is 2.35. The molecule has 1 aromatic heterocycles. The van der Waals surface area contributed by atoms with Gasteiger partial charge in [0.05, 0.1) is 16.9 Å². The molecule has 0 spiro atoms. The number of rotatable bonds is 9. The van der Waals surface area contributed by atoms with Crippen LogP contribution in [0.15, 0.2) is 66.9 Å². The highest BCUT2D eigenvalue weighted by molar-refractivity contribution is 5.96. The van der Waals surface area contributed by atoms with E-state index in [0.29, 0.717) is 11.3 Å². The second-order valence-electron chi connectivity index (χ2n) is 10.6. The molecular formula is C31H38FN5O2. The number of likely N-dealkylation sites (tertiary alicyclic amines) is 1. The monoisotopic (exact) mass is 531 g/mol. The number of amides is 2. The largest absolute Gasteiger partial charge is 0.366 e. The van der Waals surface area contributed by atoms with Gasteiger partial charge in [-0.15, -0.1) is 0 Å². The molecule has 0 bridgehead atoms. The van der Waals surface area contributed by atoms with Gasteiger partial charge in [-0.2, -0.15) is 0 Å². The molecule has 2 amide bonds. The summed E-state index contributed by atoms with van der Waals surface area (Å²) in [5.41, 5.74) is 8.00. The highest BCUT2D eigenvalue weighted by Gasteiger charge is 2.30. The first-order valence-corrected chi connectivity index (χ1v) is 13.6. The normalized spacial score (nSPS) is 14.5. The van der Waals surface area contributed by atoms with E-state index >= 15 is 4.39 Å². The van der Waals surface area contributed by atoms with Gasteiger partial charge in [-0.1, -0.05) is 12.1 Å². The lowest BCUT2D eigenvalue weighted by Gasteiger charge is -2.40. The molecule has 0 radical (unpaired) electrons. The van der Waals surface area contributed by atoms with Crippen LogP contribution < -0.4 is 10.6 Å². The fraction of sp³-hybridized carbons (Fsp3) is 0.387. The van der Waals surface area contributed by atoms with Crippen LogP contribution in [-0.4, -0.2) is 57.8 Å². The molecule has 2 N–H and O–H groups in total. The molecule has 39 heavy (non-hydrogen) atoms. The SMILES string of the molecule is CC(C)N(C(=O)c1ccc(N(c2cccc(C(N)=O)c2F)C2CCN(Cc3ccccn3)CC2)cc1)C(C)C. The number of carbonyl (C=O) groups excluding carboxylic acids is 2. The van der Waals surface area contributed by atoms with Gasteiger partial charge in [-0.3, -0.25) is 19.5 Å². The van der Waals surface area contributed by atoms with Crippen LogP contribution in [0.4, 0.5) is 15.8 Å². The van der Waals surface area contributed by atoms with Gasteiger partial charge in [0.15, 0.2) is 5.82 Å². The summed E-state index contributed by atoms with van der Waals surface area (Å²) in [5, 5.41) is 0. The molecule has 0 saturated carbocycles. The van der Waals surface area contributed by atoms with Crippen molar-refractivity contribution in [2.45, 2.75) is 65.2 Å². The van der Waals surface area contributed by atoms with Crippen LogP contribution in [0.1, 0.15) is 66.9 Å². The number of primary amides is 1. The number of carbonyl (C=O) groups is 2. The zero-order valence-corrected chi connectivity index (χ0v) is 23.2. The lowest BCUT2D eigenvalue weighted by Crippen LogP contribution is -2.43. The number of nitrogens with zero attached hydrogens (tertiary/aromatic N) is 4. The topological polar surface area (TPSA) is 82.8 Å². The summed E-state index contributed by atoms with van der Waals surface area (Å²) in [5.74, 6) is -1.47. The molecule has 2 heterocycles. The van der Waals surface area contributed by atoms with Gasteiger partial charge in [0.1, 0.15) is 0 Å². The maximum Gasteiger partial charge on any atom is 0.254 e. The maximum absolute atomic E-state index is 15.6. The average molecular weight is 532 g/mol. The predicted octanol–water partition coefficient (Wildman–Crippen LogP) is 5.38. The fourth-order valence-electron chi connectivity index (χ4n) is 5.48. The molecule has 1 aliphatic rings. The number of aromatic nitrogens is 1. The standard InChI is InChI=1S/C31H38FN5O2/c1-21(2)36(22(3)4)31(39)23-11-13-25(14-12-23)37(28-10-7-9-27(29(28)32)30(33)38)26-15-18-35(19-16-26)20-24-8-5-6-17-34-24/h5-14,17,21-22,26H,15-16,18-20H2,1-4H3,(H2,33,38). The fourth-order valence-corrected chi connectivity index (χ4v) is 5.48. The van der Waals surface area contributed by atoms with Gasteiger partial charge in [-0.25, -0.2) is 4.39 Å². The lowest BCUT2D eigenvalue weighted by atomic mass is 9.99. The molecule has 8 heteroatoms. The lowest BCUT2D eigenvalue weighted by molar-refractivity contribution is 0.0643. The zero-order chi connectivity index (χ0) is 28.1. The molecule has 1 saturated heterocycles. The number of anilines is 2. The van der Waals surface area contributed by atoms with Crippen LogP contribution in [0.2, 0.25) is 0 Å². The molecule has 4 rings (SSSR count). The molecule has 3 aromatic rings. The predicted molar refractivity (Wildman–Crippen MR) is 152 cm³/mol. The number of pyridine rings is 1. The summed E-state index contributed by atoms with van der Waals surface area (Å²) >= 11 is 0. The van der Waals surface area contributed by atoms with Crippen LogP contribution in [-0.2, 0) is 6.54 Å². The Morgan fingerprint density at radius 1 is 0.974 bits per heavy atom. The first-order chi connectivity index (χ1) is 18.7. The summed E-state index contributed by atoms with van der Waals surface area (Å²) in [6, 6.07) is 18.1. The third-order valence-electron chi connectivity index (χ3n) is 7.28. The van der Waals surface area contributed by atoms with Crippen LogP contribution in [0, 0.1) is 5.82 Å². The Bertz CT molecular complexity index is 1260. The second-order valence-corrected chi connectivity index (χ2v) is 10.6. The Labute approximate surface area is 230 Å². The molecule has 206 valence electrons. The van der Waals surface area contributed by atoms with E-state index in [0.717, 1.165) is 43.9 Å². The Kier molecular flexibility index (Phi) is 8.97. The van der Waals surface area contributed by atoms with E-state index in [1.165, 1.54) is 6.07 Å². The molecular weight excluding hydrogens is 493 g/mol. The minimum absolute atomic E-state index is 0.00742. The molecule has 0 unspecified atom stereocenters. The first kappa shape index (κ1) is 28.2. The van der Waals surface area contributed by atoms with Crippen molar-refractivity contribution in [1.29, 1.82) is 0 Å². The Morgan fingerprint density at radius 2 is 1.64 bits per heavy atom. The summed E-state index contributed by atoms with van der Waals surface area (Å²) < 4.78 is 15.6. The number of nitrogens with two attached hydrogens (primary N) is 1. The molecule has 0 aliphatic carbocycles. The molecule has 1 aliphatic heterocycles. The summed E-state index contributed by atoms with van der Waals surface area (Å²) in [4.78, 5) is 35.7. The number of hydrogen-bond donors (Lipinski definition) is 1. The summed E-state index contributed by atoms with van der Waals surface area (Å²) in [7, 11) is 0. The van der Waals surface area contributed by atoms with Gasteiger partial charge >= 0.3 is 0 Å². The maximum atomic E-state index is 15.6. The number of halogens is 1. The molecule has 2 aromatic carbocycles. The number of hydrogen-bond acceptors (Lipinski definition) is 5. The van der Waals surface area contributed by atoms with Crippen LogP contribution in [0.5, 0.6) is 0 Å². The summed E-state index contributed by atoms with van der Waals surface area (Å²) in [6.07, 6.45) is 3.39. The van der Waals surface area contributed by atoms with Crippen molar-refractivity contribution < 1.29 is 14.0 Å². The van der Waals surface area contributed by atoms with Crippen molar-refractivity contribution in [3.05, 3.63) is 89.5 Å². The molecule has 1 fully saturated rings. The van der Waals surface area contributed by atoms with Gasteiger partial charge in [0, 0.05) is 55.2 Å². The van der Waals surface area contributed by atoms with Crippen LogP contribution in [0.3, 0.4) is 0 Å². The quantitative estimate of drug-likeness (QED) is 0.401. The van der Waals surface area contributed by atoms with E-state index in [4.69, 9.17) is 5.73 Å². The Hall–Kier alpha value is -3.78. The van der Waals surface area contributed by atoms with Crippen LogP contribution >= 0.6 is 0 Å². The van der Waals surface area contributed by atoms with Gasteiger partial charge < -0.3 is 15.5 Å². The molecule has 7 nitrogen and oxygen atoms in total. The molecule has 0 atom stereocenters. The van der Waals surface area contributed by atoms with E-state index in [9.17, 15) is 9.59 Å². The van der Waals surface area contributed by atoms with E-state index in [2.05, 4.69) is 9.88 Å². The minimum Gasteiger partial charge on any atom is -0.366 e. The average Bonchev–Trinajstić information content (AvgIpc) is 2.91. The van der Waals surface area contributed by atoms with Crippen LogP contribution in [0.25, 0.3) is 0 Å². The van der Waals surface area contributed by atoms with Gasteiger partial charge in [0.25, 0.3) is 11.8 Å². The number of piperidine rings is 1. The van der Waals surface area contributed by atoms with Crippen molar-refractivity contribution in [3.63, 3.8) is 0 Å². The zero-order valence-electron chi connectivity index (χ0n) is 23.2. The Morgan fingerprint density at radius 3 is 2.21 bits per heavy atom. The van der Waals surface area contributed by atoms with Crippen molar-refractivity contribution >= 4 is 23.2 Å². The van der Waals surface area contributed by atoms with Crippen molar-refractivity contribution in [2.24, 2.45) is 5.73 Å². The third-order valence-corrected chi connectivity index (χ3v) is 7.28. The highest BCUT2D eigenvalue weighted by atomic mass is 19.1. The third kappa shape index (κ3) is 6.45. The Balaban J connectivity index is 1.63. The summed E-state index contributed by atoms with van der Waals surface area (Å²) in [6.45, 7) is 10.4. The first-order valence-electron chi connectivity index (χ1n) is 13.6. The van der Waals surface area contributed by atoms with Crippen molar-refractivity contribution in [2.75, 3.05) is 18.0 Å². The van der Waals surface area contributed by atoms with E-state index in [-0.39, 0.29) is 29.6 Å². The van der Waals surface area contributed by atoms with Gasteiger partial charge in [-0.05, 0) is 89.1 Å².